The normalized spacial score (nSPS) is 20.1. The number of morpholine rings is 1. The maximum atomic E-state index is 5.62. The van der Waals surface area contributed by atoms with Crippen LogP contribution in [0.2, 0.25) is 0 Å². The summed E-state index contributed by atoms with van der Waals surface area (Å²) in [7, 11) is 2.19. The predicted molar refractivity (Wildman–Crippen MR) is 96.7 cm³/mol. The van der Waals surface area contributed by atoms with Gasteiger partial charge in [-0.2, -0.15) is 4.98 Å². The molecule has 0 spiro atoms. The van der Waals surface area contributed by atoms with Crippen LogP contribution in [0.4, 0.5) is 5.69 Å². The molecule has 134 valence electrons. The van der Waals surface area contributed by atoms with Crippen LogP contribution in [0, 0.1) is 5.92 Å². The van der Waals surface area contributed by atoms with Crippen molar-refractivity contribution in [1.82, 2.24) is 15.0 Å². The molecule has 1 aromatic heterocycles. The first-order valence-electron chi connectivity index (χ1n) is 9.23. The molecule has 6 nitrogen and oxygen atoms in total. The van der Waals surface area contributed by atoms with E-state index in [1.807, 2.05) is 6.07 Å². The molecule has 4 rings (SSSR count). The van der Waals surface area contributed by atoms with Crippen molar-refractivity contribution in [3.05, 3.63) is 30.1 Å². The summed E-state index contributed by atoms with van der Waals surface area (Å²) < 4.78 is 11.1. The van der Waals surface area contributed by atoms with Gasteiger partial charge in [0.2, 0.25) is 0 Å². The zero-order valence-electron chi connectivity index (χ0n) is 14.9. The monoisotopic (exact) mass is 342 g/mol. The molecule has 0 amide bonds. The third-order valence-corrected chi connectivity index (χ3v) is 5.26. The van der Waals surface area contributed by atoms with Crippen LogP contribution in [0.5, 0.6) is 0 Å². The van der Waals surface area contributed by atoms with Crippen molar-refractivity contribution in [1.29, 1.82) is 0 Å². The largest absolute Gasteiger partial charge is 0.378 e. The SMILES string of the molecule is CN1CCC(Cc2noc(-c3ccccc3N3CCOCC3)n2)CC1. The second-order valence-corrected chi connectivity index (χ2v) is 7.08. The van der Waals surface area contributed by atoms with Crippen LogP contribution in [-0.2, 0) is 11.2 Å². The second-order valence-electron chi connectivity index (χ2n) is 7.08. The van der Waals surface area contributed by atoms with Crippen LogP contribution in [0.15, 0.2) is 28.8 Å². The Morgan fingerprint density at radius 2 is 1.84 bits per heavy atom. The Morgan fingerprint density at radius 3 is 2.64 bits per heavy atom. The van der Waals surface area contributed by atoms with Crippen LogP contribution in [0.1, 0.15) is 18.7 Å². The quantitative estimate of drug-likeness (QED) is 0.851. The van der Waals surface area contributed by atoms with Gasteiger partial charge in [0.15, 0.2) is 5.82 Å². The van der Waals surface area contributed by atoms with Crippen LogP contribution in [0.3, 0.4) is 0 Å². The summed E-state index contributed by atoms with van der Waals surface area (Å²) in [6, 6.07) is 8.28. The minimum atomic E-state index is 0.630. The third-order valence-electron chi connectivity index (χ3n) is 5.26. The fraction of sp³-hybridized carbons (Fsp3) is 0.579. The average Bonchev–Trinajstić information content (AvgIpc) is 3.13. The minimum Gasteiger partial charge on any atom is -0.378 e. The molecule has 2 saturated heterocycles. The average molecular weight is 342 g/mol. The number of hydrogen-bond donors (Lipinski definition) is 0. The van der Waals surface area contributed by atoms with Gasteiger partial charge >= 0.3 is 0 Å². The topological polar surface area (TPSA) is 54.6 Å². The minimum absolute atomic E-state index is 0.630. The molecular formula is C19H26N4O2. The standard InChI is InChI=1S/C19H26N4O2/c1-22-8-6-15(7-9-22)14-18-20-19(25-21-18)16-4-2-3-5-17(16)23-10-12-24-13-11-23/h2-5,15H,6-14H2,1H3. The Balaban J connectivity index is 1.50. The number of rotatable bonds is 4. The molecule has 2 aromatic rings. The summed E-state index contributed by atoms with van der Waals surface area (Å²) in [5.41, 5.74) is 2.17. The van der Waals surface area contributed by atoms with Gasteiger partial charge in [0.05, 0.1) is 18.8 Å². The Kier molecular flexibility index (Phi) is 4.99. The van der Waals surface area contributed by atoms with Gasteiger partial charge in [-0.25, -0.2) is 0 Å². The Labute approximate surface area is 148 Å². The van der Waals surface area contributed by atoms with E-state index in [-0.39, 0.29) is 0 Å². The first kappa shape index (κ1) is 16.5. The van der Waals surface area contributed by atoms with E-state index in [0.717, 1.165) is 62.9 Å². The van der Waals surface area contributed by atoms with Crippen molar-refractivity contribution in [2.75, 3.05) is 51.3 Å². The van der Waals surface area contributed by atoms with E-state index in [4.69, 9.17) is 14.2 Å². The number of piperidine rings is 1. The molecule has 0 radical (unpaired) electrons. The third kappa shape index (κ3) is 3.85. The van der Waals surface area contributed by atoms with Gasteiger partial charge in [-0.1, -0.05) is 17.3 Å². The van der Waals surface area contributed by atoms with Crippen LogP contribution >= 0.6 is 0 Å². The zero-order chi connectivity index (χ0) is 17.1. The molecule has 2 aliphatic rings. The molecule has 1 aromatic carbocycles. The summed E-state index contributed by atoms with van der Waals surface area (Å²) >= 11 is 0. The molecule has 6 heteroatoms. The highest BCUT2D eigenvalue weighted by Crippen LogP contribution is 2.30. The number of anilines is 1. The smallest absolute Gasteiger partial charge is 0.260 e. The number of nitrogens with zero attached hydrogens (tertiary/aromatic N) is 4. The van der Waals surface area contributed by atoms with Gasteiger partial charge in [-0.15, -0.1) is 0 Å². The Hall–Kier alpha value is -1.92. The fourth-order valence-corrected chi connectivity index (χ4v) is 3.71. The molecule has 25 heavy (non-hydrogen) atoms. The van der Waals surface area contributed by atoms with Crippen molar-refractivity contribution in [3.8, 4) is 11.5 Å². The molecule has 0 N–H and O–H groups in total. The lowest BCUT2D eigenvalue weighted by Crippen LogP contribution is -2.36. The molecular weight excluding hydrogens is 316 g/mol. The number of ether oxygens (including phenoxy) is 1. The highest BCUT2D eigenvalue weighted by atomic mass is 16.5. The van der Waals surface area contributed by atoms with E-state index >= 15 is 0 Å². The van der Waals surface area contributed by atoms with Gasteiger partial charge in [-0.05, 0) is 51.0 Å². The molecule has 0 unspecified atom stereocenters. The molecule has 0 saturated carbocycles. The lowest BCUT2D eigenvalue weighted by atomic mass is 9.94. The van der Waals surface area contributed by atoms with E-state index in [0.29, 0.717) is 11.8 Å². The Morgan fingerprint density at radius 1 is 1.08 bits per heavy atom. The maximum absolute atomic E-state index is 5.62. The lowest BCUT2D eigenvalue weighted by molar-refractivity contribution is 0.122. The Bertz CT molecular complexity index is 688. The molecule has 0 atom stereocenters. The van der Waals surface area contributed by atoms with Gasteiger partial charge in [0.25, 0.3) is 5.89 Å². The van der Waals surface area contributed by atoms with Gasteiger partial charge in [0.1, 0.15) is 0 Å². The highest BCUT2D eigenvalue weighted by molar-refractivity contribution is 5.73. The summed E-state index contributed by atoms with van der Waals surface area (Å²) in [5.74, 6) is 2.13. The lowest BCUT2D eigenvalue weighted by Gasteiger charge is -2.29. The van der Waals surface area contributed by atoms with Gasteiger partial charge < -0.3 is 19.1 Å². The van der Waals surface area contributed by atoms with Crippen LogP contribution in [0.25, 0.3) is 11.5 Å². The van der Waals surface area contributed by atoms with E-state index in [9.17, 15) is 0 Å². The number of likely N-dealkylation sites (tertiary alicyclic amines) is 1. The van der Waals surface area contributed by atoms with Gasteiger partial charge in [-0.3, -0.25) is 0 Å². The highest BCUT2D eigenvalue weighted by Gasteiger charge is 2.22. The van der Waals surface area contributed by atoms with Crippen molar-refractivity contribution in [3.63, 3.8) is 0 Å². The molecule has 2 aliphatic heterocycles. The van der Waals surface area contributed by atoms with Crippen LogP contribution < -0.4 is 4.90 Å². The van der Waals surface area contributed by atoms with Crippen molar-refractivity contribution in [2.24, 2.45) is 5.92 Å². The van der Waals surface area contributed by atoms with Gasteiger partial charge in [0, 0.05) is 25.2 Å². The van der Waals surface area contributed by atoms with E-state index < -0.39 is 0 Å². The number of aromatic nitrogens is 2. The number of hydrogen-bond acceptors (Lipinski definition) is 6. The fourth-order valence-electron chi connectivity index (χ4n) is 3.71. The molecule has 3 heterocycles. The van der Waals surface area contributed by atoms with Crippen molar-refractivity contribution >= 4 is 5.69 Å². The summed E-state index contributed by atoms with van der Waals surface area (Å²) in [6.07, 6.45) is 3.34. The van der Waals surface area contributed by atoms with E-state index in [2.05, 4.69) is 40.2 Å². The maximum Gasteiger partial charge on any atom is 0.260 e. The molecule has 0 bridgehead atoms. The van der Waals surface area contributed by atoms with E-state index in [1.165, 1.54) is 12.8 Å². The van der Waals surface area contributed by atoms with E-state index in [1.54, 1.807) is 0 Å². The second kappa shape index (κ2) is 7.54. The summed E-state index contributed by atoms with van der Waals surface area (Å²) in [6.45, 7) is 5.64. The number of para-hydroxylation sites is 1. The van der Waals surface area contributed by atoms with Crippen molar-refractivity contribution in [2.45, 2.75) is 19.3 Å². The first-order chi connectivity index (χ1) is 12.3. The number of benzene rings is 1. The predicted octanol–water partition coefficient (Wildman–Crippen LogP) is 2.46. The summed E-state index contributed by atoms with van der Waals surface area (Å²) in [5, 5.41) is 4.25. The summed E-state index contributed by atoms with van der Waals surface area (Å²) in [4.78, 5) is 9.42. The molecule has 2 fully saturated rings. The van der Waals surface area contributed by atoms with Crippen LogP contribution in [-0.4, -0.2) is 61.5 Å². The molecule has 0 aliphatic carbocycles. The van der Waals surface area contributed by atoms with Crippen molar-refractivity contribution < 1.29 is 9.26 Å². The first-order valence-corrected chi connectivity index (χ1v) is 9.23. The zero-order valence-corrected chi connectivity index (χ0v) is 14.9.